The number of carbonyl (C=O) groups excluding carboxylic acids is 2. The molecule has 0 aliphatic carbocycles. The molecule has 2 rings (SSSR count). The van der Waals surface area contributed by atoms with E-state index >= 15 is 0 Å². The van der Waals surface area contributed by atoms with Crippen LogP contribution < -0.4 is 15.5 Å². The number of fused-ring (bicyclic) bond motifs is 1. The summed E-state index contributed by atoms with van der Waals surface area (Å²) in [4.78, 5) is 26.0. The average Bonchev–Trinajstić information content (AvgIpc) is 2.94. The molecule has 0 fully saturated rings. The number of amides is 3. The molecule has 1 heterocycles. The molecular weight excluding hydrogens is 282 g/mol. The Labute approximate surface area is 130 Å². The van der Waals surface area contributed by atoms with Crippen molar-refractivity contribution in [2.24, 2.45) is 0 Å². The summed E-state index contributed by atoms with van der Waals surface area (Å²) in [7, 11) is 1.62. The summed E-state index contributed by atoms with van der Waals surface area (Å²) < 4.78 is 4.91. The van der Waals surface area contributed by atoms with E-state index in [1.807, 2.05) is 24.3 Å². The Balaban J connectivity index is 1.84. The fourth-order valence-electron chi connectivity index (χ4n) is 2.53. The third-order valence-electron chi connectivity index (χ3n) is 3.68. The van der Waals surface area contributed by atoms with Gasteiger partial charge in [0.2, 0.25) is 5.91 Å². The zero-order valence-corrected chi connectivity index (χ0v) is 13.1. The van der Waals surface area contributed by atoms with E-state index in [1.54, 1.807) is 18.9 Å². The number of para-hydroxylation sites is 1. The van der Waals surface area contributed by atoms with Gasteiger partial charge in [-0.2, -0.15) is 0 Å². The molecule has 0 unspecified atom stereocenters. The van der Waals surface area contributed by atoms with Gasteiger partial charge in [-0.15, -0.1) is 0 Å². The van der Waals surface area contributed by atoms with Gasteiger partial charge in [-0.1, -0.05) is 18.2 Å². The van der Waals surface area contributed by atoms with E-state index in [1.165, 1.54) is 5.56 Å². The molecule has 0 spiro atoms. The van der Waals surface area contributed by atoms with Crippen molar-refractivity contribution in [1.82, 2.24) is 10.6 Å². The molecule has 0 radical (unpaired) electrons. The van der Waals surface area contributed by atoms with Crippen molar-refractivity contribution in [2.75, 3.05) is 31.7 Å². The molecule has 1 aliphatic rings. The quantitative estimate of drug-likeness (QED) is 0.778. The molecule has 0 saturated carbocycles. The van der Waals surface area contributed by atoms with E-state index in [4.69, 9.17) is 4.74 Å². The summed E-state index contributed by atoms with van der Waals surface area (Å²) in [5.41, 5.74) is 2.12. The third-order valence-corrected chi connectivity index (χ3v) is 3.68. The van der Waals surface area contributed by atoms with Gasteiger partial charge in [0.15, 0.2) is 0 Å². The molecule has 3 amide bonds. The van der Waals surface area contributed by atoms with Crippen LogP contribution in [0.3, 0.4) is 0 Å². The SMILES string of the molecule is COCCCNC(=O)N[C@H](C)C(=O)N1CCc2ccccc21. The molecule has 0 aromatic heterocycles. The van der Waals surface area contributed by atoms with E-state index in [9.17, 15) is 9.59 Å². The molecule has 0 saturated heterocycles. The smallest absolute Gasteiger partial charge is 0.315 e. The Hall–Kier alpha value is -2.08. The van der Waals surface area contributed by atoms with Gasteiger partial charge < -0.3 is 20.3 Å². The van der Waals surface area contributed by atoms with Crippen LogP contribution in [0.25, 0.3) is 0 Å². The van der Waals surface area contributed by atoms with E-state index in [0.717, 1.165) is 18.5 Å². The second kappa shape index (κ2) is 7.79. The van der Waals surface area contributed by atoms with Crippen LogP contribution in [0.4, 0.5) is 10.5 Å². The number of ether oxygens (including phenoxy) is 1. The zero-order valence-electron chi connectivity index (χ0n) is 13.1. The number of anilines is 1. The van der Waals surface area contributed by atoms with Crippen molar-refractivity contribution in [1.29, 1.82) is 0 Å². The molecule has 6 nitrogen and oxygen atoms in total. The molecule has 0 bridgehead atoms. The highest BCUT2D eigenvalue weighted by atomic mass is 16.5. The Kier molecular flexibility index (Phi) is 5.77. The number of benzene rings is 1. The van der Waals surface area contributed by atoms with Crippen molar-refractivity contribution >= 4 is 17.6 Å². The van der Waals surface area contributed by atoms with Crippen molar-refractivity contribution in [2.45, 2.75) is 25.8 Å². The zero-order chi connectivity index (χ0) is 15.9. The van der Waals surface area contributed by atoms with Gasteiger partial charge in [-0.05, 0) is 31.4 Å². The van der Waals surface area contributed by atoms with Gasteiger partial charge in [-0.25, -0.2) is 4.79 Å². The minimum Gasteiger partial charge on any atom is -0.385 e. The first-order valence-corrected chi connectivity index (χ1v) is 7.56. The maximum Gasteiger partial charge on any atom is 0.315 e. The van der Waals surface area contributed by atoms with Crippen LogP contribution in [-0.2, 0) is 16.0 Å². The highest BCUT2D eigenvalue weighted by Gasteiger charge is 2.28. The van der Waals surface area contributed by atoms with Gasteiger partial charge in [0, 0.05) is 32.5 Å². The van der Waals surface area contributed by atoms with Crippen LogP contribution >= 0.6 is 0 Å². The van der Waals surface area contributed by atoms with Gasteiger partial charge in [0.1, 0.15) is 6.04 Å². The Morgan fingerprint density at radius 1 is 1.36 bits per heavy atom. The predicted octanol–water partition coefficient (Wildman–Crippen LogP) is 1.30. The molecule has 1 aromatic carbocycles. The van der Waals surface area contributed by atoms with Crippen LogP contribution in [0.2, 0.25) is 0 Å². The van der Waals surface area contributed by atoms with Gasteiger partial charge >= 0.3 is 6.03 Å². The lowest BCUT2D eigenvalue weighted by Crippen LogP contribution is -2.49. The third kappa shape index (κ3) is 3.98. The lowest BCUT2D eigenvalue weighted by molar-refractivity contribution is -0.119. The molecule has 2 N–H and O–H groups in total. The number of nitrogens with zero attached hydrogens (tertiary/aromatic N) is 1. The summed E-state index contributed by atoms with van der Waals surface area (Å²) in [6.45, 7) is 3.49. The number of hydrogen-bond acceptors (Lipinski definition) is 3. The monoisotopic (exact) mass is 305 g/mol. The van der Waals surface area contributed by atoms with Crippen molar-refractivity contribution < 1.29 is 14.3 Å². The number of nitrogens with one attached hydrogen (secondary N) is 2. The largest absolute Gasteiger partial charge is 0.385 e. The van der Waals surface area contributed by atoms with Crippen LogP contribution in [0.5, 0.6) is 0 Å². The molecule has 1 atom stereocenters. The normalized spacial score (nSPS) is 14.4. The molecule has 1 aromatic rings. The fourth-order valence-corrected chi connectivity index (χ4v) is 2.53. The summed E-state index contributed by atoms with van der Waals surface area (Å²) in [6.07, 6.45) is 1.60. The molecule has 120 valence electrons. The predicted molar refractivity (Wildman–Crippen MR) is 85.0 cm³/mol. The van der Waals surface area contributed by atoms with Crippen molar-refractivity contribution in [3.05, 3.63) is 29.8 Å². The highest BCUT2D eigenvalue weighted by Crippen LogP contribution is 2.27. The first-order valence-electron chi connectivity index (χ1n) is 7.56. The summed E-state index contributed by atoms with van der Waals surface area (Å²) >= 11 is 0. The van der Waals surface area contributed by atoms with Gasteiger partial charge in [0.25, 0.3) is 0 Å². The topological polar surface area (TPSA) is 70.7 Å². The molecular formula is C16H23N3O3. The van der Waals surface area contributed by atoms with Crippen molar-refractivity contribution in [3.63, 3.8) is 0 Å². The van der Waals surface area contributed by atoms with Crippen LogP contribution in [-0.4, -0.2) is 44.8 Å². The number of carbonyl (C=O) groups is 2. The Bertz CT molecular complexity index is 533. The summed E-state index contributed by atoms with van der Waals surface area (Å²) in [5, 5.41) is 5.39. The van der Waals surface area contributed by atoms with Gasteiger partial charge in [0.05, 0.1) is 0 Å². The Morgan fingerprint density at radius 3 is 2.91 bits per heavy atom. The fraction of sp³-hybridized carbons (Fsp3) is 0.500. The first-order chi connectivity index (χ1) is 10.6. The standard InChI is InChI=1S/C16H23N3O3/c1-12(18-16(21)17-9-5-11-22-2)15(20)19-10-8-13-6-3-4-7-14(13)19/h3-4,6-7,12H,5,8-11H2,1-2H3,(H2,17,18,21)/t12-/m1/s1. The molecule has 6 heteroatoms. The Morgan fingerprint density at radius 2 is 2.14 bits per heavy atom. The molecule has 22 heavy (non-hydrogen) atoms. The lowest BCUT2D eigenvalue weighted by Gasteiger charge is -2.22. The maximum absolute atomic E-state index is 12.5. The second-order valence-electron chi connectivity index (χ2n) is 5.34. The van der Waals surface area contributed by atoms with Crippen LogP contribution in [0, 0.1) is 0 Å². The minimum absolute atomic E-state index is 0.0861. The first kappa shape index (κ1) is 16.3. The van der Waals surface area contributed by atoms with E-state index in [2.05, 4.69) is 10.6 Å². The minimum atomic E-state index is -0.561. The summed E-state index contributed by atoms with van der Waals surface area (Å²) in [6, 6.07) is 6.98. The van der Waals surface area contributed by atoms with Crippen LogP contribution in [0.1, 0.15) is 18.9 Å². The summed E-state index contributed by atoms with van der Waals surface area (Å²) in [5.74, 6) is -0.0861. The lowest BCUT2D eigenvalue weighted by atomic mass is 10.2. The van der Waals surface area contributed by atoms with Gasteiger partial charge in [-0.3, -0.25) is 4.79 Å². The number of methoxy groups -OCH3 is 1. The van der Waals surface area contributed by atoms with E-state index in [-0.39, 0.29) is 11.9 Å². The second-order valence-corrected chi connectivity index (χ2v) is 5.34. The number of urea groups is 1. The number of rotatable bonds is 6. The molecule has 1 aliphatic heterocycles. The van der Waals surface area contributed by atoms with Crippen LogP contribution in [0.15, 0.2) is 24.3 Å². The van der Waals surface area contributed by atoms with E-state index < -0.39 is 6.04 Å². The number of hydrogen-bond donors (Lipinski definition) is 2. The average molecular weight is 305 g/mol. The highest BCUT2D eigenvalue weighted by molar-refractivity contribution is 6.00. The maximum atomic E-state index is 12.5. The van der Waals surface area contributed by atoms with Crippen molar-refractivity contribution in [3.8, 4) is 0 Å². The van der Waals surface area contributed by atoms with E-state index in [0.29, 0.717) is 19.7 Å².